The number of aryl methyl sites for hydroxylation is 1. The Morgan fingerprint density at radius 1 is 1.10 bits per heavy atom. The SMILES string of the molecule is CN=C(NCc1ccccc1Oc1ccc(C)cc1)NC1CCN(CCOC)CC1. The van der Waals surface area contributed by atoms with Gasteiger partial charge in [0.15, 0.2) is 5.96 Å². The van der Waals surface area contributed by atoms with Crippen LogP contribution in [-0.2, 0) is 11.3 Å². The number of aliphatic imine (C=N–C) groups is 1. The highest BCUT2D eigenvalue weighted by molar-refractivity contribution is 5.80. The minimum Gasteiger partial charge on any atom is -0.457 e. The van der Waals surface area contributed by atoms with Crippen LogP contribution in [0.25, 0.3) is 0 Å². The fraction of sp³-hybridized carbons (Fsp3) is 0.458. The lowest BCUT2D eigenvalue weighted by Gasteiger charge is -2.32. The summed E-state index contributed by atoms with van der Waals surface area (Å²) in [5, 5.41) is 7.01. The molecule has 0 atom stereocenters. The smallest absolute Gasteiger partial charge is 0.191 e. The van der Waals surface area contributed by atoms with Gasteiger partial charge >= 0.3 is 0 Å². The summed E-state index contributed by atoms with van der Waals surface area (Å²) in [5.74, 6) is 2.53. The maximum absolute atomic E-state index is 6.11. The van der Waals surface area contributed by atoms with Crippen molar-refractivity contribution in [1.82, 2.24) is 15.5 Å². The number of nitrogens with one attached hydrogen (secondary N) is 2. The maximum atomic E-state index is 6.11. The molecule has 6 heteroatoms. The summed E-state index contributed by atoms with van der Waals surface area (Å²) in [6.45, 7) is 6.70. The highest BCUT2D eigenvalue weighted by Crippen LogP contribution is 2.25. The van der Waals surface area contributed by atoms with Gasteiger partial charge in [-0.2, -0.15) is 0 Å². The number of para-hydroxylation sites is 1. The molecule has 1 fully saturated rings. The van der Waals surface area contributed by atoms with Crippen LogP contribution in [0.2, 0.25) is 0 Å². The molecule has 162 valence electrons. The molecular weight excluding hydrogens is 376 g/mol. The summed E-state index contributed by atoms with van der Waals surface area (Å²) in [7, 11) is 3.58. The zero-order valence-electron chi connectivity index (χ0n) is 18.4. The van der Waals surface area contributed by atoms with Crippen LogP contribution in [-0.4, -0.2) is 57.3 Å². The number of piperidine rings is 1. The molecule has 0 aliphatic carbocycles. The zero-order chi connectivity index (χ0) is 21.2. The van der Waals surface area contributed by atoms with Crippen LogP contribution < -0.4 is 15.4 Å². The molecule has 1 heterocycles. The van der Waals surface area contributed by atoms with Gasteiger partial charge in [-0.05, 0) is 38.0 Å². The Hall–Kier alpha value is -2.57. The van der Waals surface area contributed by atoms with E-state index in [1.165, 1.54) is 5.56 Å². The Morgan fingerprint density at radius 2 is 1.83 bits per heavy atom. The van der Waals surface area contributed by atoms with Crippen LogP contribution in [0, 0.1) is 6.92 Å². The van der Waals surface area contributed by atoms with Gasteiger partial charge in [-0.1, -0.05) is 35.9 Å². The number of benzene rings is 2. The van der Waals surface area contributed by atoms with Gasteiger partial charge in [0, 0.05) is 51.9 Å². The van der Waals surface area contributed by atoms with Gasteiger partial charge in [-0.15, -0.1) is 0 Å². The molecule has 2 aromatic carbocycles. The standard InChI is InChI=1S/C24H34N4O2/c1-19-8-10-22(11-9-19)30-23-7-5-4-6-20(23)18-26-24(25-2)27-21-12-14-28(15-13-21)16-17-29-3/h4-11,21H,12-18H2,1-3H3,(H2,25,26,27). The second kappa shape index (κ2) is 11.6. The number of hydrogen-bond acceptors (Lipinski definition) is 4. The third-order valence-corrected chi connectivity index (χ3v) is 5.43. The number of rotatable bonds is 8. The summed E-state index contributed by atoms with van der Waals surface area (Å²) in [6.07, 6.45) is 2.22. The predicted molar refractivity (Wildman–Crippen MR) is 122 cm³/mol. The van der Waals surface area contributed by atoms with Crippen molar-refractivity contribution < 1.29 is 9.47 Å². The second-order valence-electron chi connectivity index (χ2n) is 7.70. The lowest BCUT2D eigenvalue weighted by atomic mass is 10.1. The number of nitrogens with zero attached hydrogens (tertiary/aromatic N) is 2. The molecule has 0 spiro atoms. The van der Waals surface area contributed by atoms with E-state index in [-0.39, 0.29) is 0 Å². The Balaban J connectivity index is 1.51. The van der Waals surface area contributed by atoms with Crippen LogP contribution in [0.4, 0.5) is 0 Å². The number of likely N-dealkylation sites (tertiary alicyclic amines) is 1. The molecule has 6 nitrogen and oxygen atoms in total. The molecule has 3 rings (SSSR count). The predicted octanol–water partition coefficient (Wildman–Crippen LogP) is 3.56. The van der Waals surface area contributed by atoms with Crippen molar-refractivity contribution in [2.75, 3.05) is 40.4 Å². The summed E-state index contributed by atoms with van der Waals surface area (Å²) in [5.41, 5.74) is 2.31. The van der Waals surface area contributed by atoms with E-state index in [1.807, 2.05) is 37.4 Å². The number of methoxy groups -OCH3 is 1. The van der Waals surface area contributed by atoms with E-state index in [0.717, 1.165) is 62.1 Å². The van der Waals surface area contributed by atoms with E-state index >= 15 is 0 Å². The molecule has 0 amide bonds. The normalized spacial score (nSPS) is 15.8. The van der Waals surface area contributed by atoms with Crippen molar-refractivity contribution in [3.05, 3.63) is 59.7 Å². The molecule has 2 N–H and O–H groups in total. The molecule has 1 aliphatic heterocycles. The van der Waals surface area contributed by atoms with Gasteiger partial charge in [0.2, 0.25) is 0 Å². The zero-order valence-corrected chi connectivity index (χ0v) is 18.4. The van der Waals surface area contributed by atoms with Crippen molar-refractivity contribution in [3.63, 3.8) is 0 Å². The summed E-state index contributed by atoms with van der Waals surface area (Å²) < 4.78 is 11.3. The molecule has 30 heavy (non-hydrogen) atoms. The monoisotopic (exact) mass is 410 g/mol. The average molecular weight is 411 g/mol. The molecule has 0 aromatic heterocycles. The van der Waals surface area contributed by atoms with Crippen LogP contribution in [0.5, 0.6) is 11.5 Å². The van der Waals surface area contributed by atoms with Crippen molar-refractivity contribution in [3.8, 4) is 11.5 Å². The largest absolute Gasteiger partial charge is 0.457 e. The second-order valence-corrected chi connectivity index (χ2v) is 7.70. The molecule has 1 saturated heterocycles. The summed E-state index contributed by atoms with van der Waals surface area (Å²) >= 11 is 0. The average Bonchev–Trinajstić information content (AvgIpc) is 2.78. The first-order valence-corrected chi connectivity index (χ1v) is 10.7. The molecule has 0 saturated carbocycles. The van der Waals surface area contributed by atoms with E-state index in [4.69, 9.17) is 9.47 Å². The molecular formula is C24H34N4O2. The van der Waals surface area contributed by atoms with Crippen molar-refractivity contribution in [2.24, 2.45) is 4.99 Å². The molecule has 0 radical (unpaired) electrons. The quantitative estimate of drug-likeness (QED) is 0.515. The van der Waals surface area contributed by atoms with E-state index in [0.29, 0.717) is 12.6 Å². The van der Waals surface area contributed by atoms with Crippen LogP contribution in [0.1, 0.15) is 24.0 Å². The Bertz CT molecular complexity index is 799. The molecule has 0 bridgehead atoms. The van der Waals surface area contributed by atoms with Gasteiger partial charge in [-0.25, -0.2) is 0 Å². The van der Waals surface area contributed by atoms with E-state index in [9.17, 15) is 0 Å². The van der Waals surface area contributed by atoms with Gasteiger partial charge in [0.05, 0.1) is 6.61 Å². The lowest BCUT2D eigenvalue weighted by Crippen LogP contribution is -2.48. The Labute approximate surface area is 180 Å². The number of guanidine groups is 1. The van der Waals surface area contributed by atoms with E-state index < -0.39 is 0 Å². The minimum absolute atomic E-state index is 0.439. The summed E-state index contributed by atoms with van der Waals surface area (Å²) in [6, 6.07) is 16.7. The number of ether oxygens (including phenoxy) is 2. The van der Waals surface area contributed by atoms with Crippen LogP contribution >= 0.6 is 0 Å². The fourth-order valence-corrected chi connectivity index (χ4v) is 3.57. The van der Waals surface area contributed by atoms with E-state index in [1.54, 1.807) is 7.11 Å². The van der Waals surface area contributed by atoms with Crippen molar-refractivity contribution >= 4 is 5.96 Å². The topological polar surface area (TPSA) is 58.1 Å². The van der Waals surface area contributed by atoms with Crippen molar-refractivity contribution in [1.29, 1.82) is 0 Å². The fourth-order valence-electron chi connectivity index (χ4n) is 3.57. The maximum Gasteiger partial charge on any atom is 0.191 e. The summed E-state index contributed by atoms with van der Waals surface area (Å²) in [4.78, 5) is 6.86. The van der Waals surface area contributed by atoms with Gasteiger partial charge < -0.3 is 25.0 Å². The van der Waals surface area contributed by atoms with Gasteiger partial charge in [0.1, 0.15) is 11.5 Å². The third-order valence-electron chi connectivity index (χ3n) is 5.43. The Kier molecular flexibility index (Phi) is 8.53. The van der Waals surface area contributed by atoms with Gasteiger partial charge in [-0.3, -0.25) is 4.99 Å². The molecule has 1 aliphatic rings. The highest BCUT2D eigenvalue weighted by atomic mass is 16.5. The third kappa shape index (κ3) is 6.75. The number of hydrogen-bond donors (Lipinski definition) is 2. The Morgan fingerprint density at radius 3 is 2.53 bits per heavy atom. The van der Waals surface area contributed by atoms with E-state index in [2.05, 4.69) is 45.6 Å². The first-order valence-electron chi connectivity index (χ1n) is 10.7. The lowest BCUT2D eigenvalue weighted by molar-refractivity contribution is 0.128. The first kappa shape index (κ1) is 22.1. The molecule has 2 aromatic rings. The highest BCUT2D eigenvalue weighted by Gasteiger charge is 2.19. The van der Waals surface area contributed by atoms with Crippen LogP contribution in [0.15, 0.2) is 53.5 Å². The minimum atomic E-state index is 0.439. The van der Waals surface area contributed by atoms with Crippen LogP contribution in [0.3, 0.4) is 0 Å². The molecule has 0 unspecified atom stereocenters. The first-order chi connectivity index (χ1) is 14.7. The van der Waals surface area contributed by atoms with Gasteiger partial charge in [0.25, 0.3) is 0 Å². The van der Waals surface area contributed by atoms with Crippen molar-refractivity contribution in [2.45, 2.75) is 32.4 Å².